The monoisotopic (exact) mass is 240 g/mol. The molecule has 1 atom stereocenters. The molecule has 0 spiro atoms. The van der Waals surface area contributed by atoms with Gasteiger partial charge >= 0.3 is 0 Å². The molecule has 1 N–H and O–H groups in total. The second-order valence-electron chi connectivity index (χ2n) is 4.13. The minimum Gasteiger partial charge on any atom is -0.385 e. The van der Waals surface area contributed by atoms with Gasteiger partial charge < -0.3 is 10.1 Å². The van der Waals surface area contributed by atoms with Gasteiger partial charge in [-0.05, 0) is 25.8 Å². The molecule has 0 amide bonds. The largest absolute Gasteiger partial charge is 0.385 e. The molecule has 0 fully saturated rings. The second kappa shape index (κ2) is 8.20. The molecule has 0 radical (unpaired) electrons. The van der Waals surface area contributed by atoms with E-state index in [4.69, 9.17) is 4.74 Å². The van der Waals surface area contributed by atoms with Gasteiger partial charge in [-0.15, -0.1) is 5.10 Å². The average molecular weight is 240 g/mol. The van der Waals surface area contributed by atoms with Gasteiger partial charge in [0.1, 0.15) is 0 Å². The fourth-order valence-electron chi connectivity index (χ4n) is 1.95. The number of hydrogen-bond donors (Lipinski definition) is 1. The SMILES string of the molecule is CCCn1nncc1C(CCCOC)NCC. The molecule has 98 valence electrons. The molecule has 1 heterocycles. The van der Waals surface area contributed by atoms with Gasteiger partial charge in [-0.1, -0.05) is 19.1 Å². The van der Waals surface area contributed by atoms with E-state index in [0.29, 0.717) is 6.04 Å². The van der Waals surface area contributed by atoms with E-state index in [1.54, 1.807) is 7.11 Å². The summed E-state index contributed by atoms with van der Waals surface area (Å²) in [6.07, 6.45) is 5.05. The number of rotatable bonds is 9. The van der Waals surface area contributed by atoms with Crippen LogP contribution < -0.4 is 5.32 Å². The van der Waals surface area contributed by atoms with Crippen LogP contribution in [0.5, 0.6) is 0 Å². The van der Waals surface area contributed by atoms with Crippen LogP contribution in [-0.4, -0.2) is 35.3 Å². The van der Waals surface area contributed by atoms with E-state index in [9.17, 15) is 0 Å². The first-order chi connectivity index (χ1) is 8.33. The van der Waals surface area contributed by atoms with Crippen molar-refractivity contribution in [1.82, 2.24) is 20.3 Å². The highest BCUT2D eigenvalue weighted by Crippen LogP contribution is 2.17. The van der Waals surface area contributed by atoms with Crippen molar-refractivity contribution in [3.8, 4) is 0 Å². The van der Waals surface area contributed by atoms with E-state index in [1.807, 2.05) is 10.9 Å². The highest BCUT2D eigenvalue weighted by molar-refractivity contribution is 5.02. The Hall–Kier alpha value is -0.940. The molecule has 0 aromatic carbocycles. The Balaban J connectivity index is 2.63. The van der Waals surface area contributed by atoms with E-state index < -0.39 is 0 Å². The number of aryl methyl sites for hydroxylation is 1. The molecule has 1 rings (SSSR count). The van der Waals surface area contributed by atoms with Crippen LogP contribution in [0.4, 0.5) is 0 Å². The summed E-state index contributed by atoms with van der Waals surface area (Å²) in [5.41, 5.74) is 1.19. The zero-order valence-electron chi connectivity index (χ0n) is 11.1. The summed E-state index contributed by atoms with van der Waals surface area (Å²) >= 11 is 0. The highest BCUT2D eigenvalue weighted by Gasteiger charge is 2.15. The molecule has 0 aliphatic heterocycles. The van der Waals surface area contributed by atoms with Crippen molar-refractivity contribution < 1.29 is 4.74 Å². The van der Waals surface area contributed by atoms with Crippen molar-refractivity contribution in [3.63, 3.8) is 0 Å². The summed E-state index contributed by atoms with van der Waals surface area (Å²) in [5, 5.41) is 11.6. The van der Waals surface area contributed by atoms with Gasteiger partial charge in [0.25, 0.3) is 0 Å². The van der Waals surface area contributed by atoms with Crippen LogP contribution in [0.1, 0.15) is 44.8 Å². The van der Waals surface area contributed by atoms with Gasteiger partial charge in [0.15, 0.2) is 0 Å². The summed E-state index contributed by atoms with van der Waals surface area (Å²) in [4.78, 5) is 0. The summed E-state index contributed by atoms with van der Waals surface area (Å²) in [6, 6.07) is 0.330. The van der Waals surface area contributed by atoms with Gasteiger partial charge in [-0.3, -0.25) is 0 Å². The molecular weight excluding hydrogens is 216 g/mol. The maximum atomic E-state index is 5.10. The summed E-state index contributed by atoms with van der Waals surface area (Å²) in [5.74, 6) is 0. The Labute approximate surface area is 104 Å². The fraction of sp³-hybridized carbons (Fsp3) is 0.833. The van der Waals surface area contributed by atoms with E-state index >= 15 is 0 Å². The molecule has 1 aromatic rings. The third-order valence-electron chi connectivity index (χ3n) is 2.73. The molecule has 1 aromatic heterocycles. The third kappa shape index (κ3) is 4.44. The lowest BCUT2D eigenvalue weighted by atomic mass is 10.1. The Morgan fingerprint density at radius 1 is 1.47 bits per heavy atom. The molecule has 0 bridgehead atoms. The number of nitrogens with zero attached hydrogens (tertiary/aromatic N) is 3. The Kier molecular flexibility index (Phi) is 6.81. The number of aromatic nitrogens is 3. The molecular formula is C12H24N4O. The van der Waals surface area contributed by atoms with E-state index in [2.05, 4.69) is 29.5 Å². The van der Waals surface area contributed by atoms with E-state index in [0.717, 1.165) is 39.0 Å². The number of ether oxygens (including phenoxy) is 1. The lowest BCUT2D eigenvalue weighted by Gasteiger charge is -2.18. The fourth-order valence-corrected chi connectivity index (χ4v) is 1.95. The molecule has 0 saturated heterocycles. The molecule has 5 heteroatoms. The summed E-state index contributed by atoms with van der Waals surface area (Å²) in [6.45, 7) is 6.96. The smallest absolute Gasteiger partial charge is 0.0756 e. The Bertz CT molecular complexity index is 300. The maximum Gasteiger partial charge on any atom is 0.0756 e. The van der Waals surface area contributed by atoms with Crippen LogP contribution in [0.2, 0.25) is 0 Å². The summed E-state index contributed by atoms with van der Waals surface area (Å²) in [7, 11) is 1.74. The quantitative estimate of drug-likeness (QED) is 0.668. The van der Waals surface area contributed by atoms with Crippen molar-refractivity contribution in [3.05, 3.63) is 11.9 Å². The molecule has 0 aliphatic carbocycles. The van der Waals surface area contributed by atoms with Crippen molar-refractivity contribution in [2.45, 2.75) is 45.7 Å². The van der Waals surface area contributed by atoms with Crippen molar-refractivity contribution >= 4 is 0 Å². The van der Waals surface area contributed by atoms with Crippen LogP contribution in [0.25, 0.3) is 0 Å². The van der Waals surface area contributed by atoms with Gasteiger partial charge in [0.05, 0.1) is 17.9 Å². The predicted molar refractivity (Wildman–Crippen MR) is 67.8 cm³/mol. The lowest BCUT2D eigenvalue weighted by Crippen LogP contribution is -2.24. The summed E-state index contributed by atoms with van der Waals surface area (Å²) < 4.78 is 7.10. The van der Waals surface area contributed by atoms with Crippen LogP contribution in [-0.2, 0) is 11.3 Å². The van der Waals surface area contributed by atoms with Crippen LogP contribution >= 0.6 is 0 Å². The first-order valence-electron chi connectivity index (χ1n) is 6.44. The topological polar surface area (TPSA) is 52.0 Å². The maximum absolute atomic E-state index is 5.10. The standard InChI is InChI=1S/C12H24N4O/c1-4-8-16-12(10-14-15-16)11(13-5-2)7-6-9-17-3/h10-11,13H,4-9H2,1-3H3. The Morgan fingerprint density at radius 2 is 2.29 bits per heavy atom. The lowest BCUT2D eigenvalue weighted by molar-refractivity contribution is 0.188. The zero-order valence-corrected chi connectivity index (χ0v) is 11.1. The zero-order chi connectivity index (χ0) is 12.5. The molecule has 0 saturated carbocycles. The van der Waals surface area contributed by atoms with E-state index in [-0.39, 0.29) is 0 Å². The predicted octanol–water partition coefficient (Wildman–Crippen LogP) is 1.77. The normalized spacial score (nSPS) is 12.9. The van der Waals surface area contributed by atoms with Gasteiger partial charge in [0, 0.05) is 20.3 Å². The first-order valence-corrected chi connectivity index (χ1v) is 6.44. The number of nitrogens with one attached hydrogen (secondary N) is 1. The van der Waals surface area contributed by atoms with E-state index in [1.165, 1.54) is 5.69 Å². The minimum atomic E-state index is 0.330. The van der Waals surface area contributed by atoms with Gasteiger partial charge in [-0.25, -0.2) is 4.68 Å². The van der Waals surface area contributed by atoms with Crippen LogP contribution in [0.15, 0.2) is 6.20 Å². The highest BCUT2D eigenvalue weighted by atomic mass is 16.5. The van der Waals surface area contributed by atoms with Crippen LogP contribution in [0.3, 0.4) is 0 Å². The van der Waals surface area contributed by atoms with Gasteiger partial charge in [0.2, 0.25) is 0 Å². The first kappa shape index (κ1) is 14.1. The molecule has 5 nitrogen and oxygen atoms in total. The van der Waals surface area contributed by atoms with Crippen molar-refractivity contribution in [1.29, 1.82) is 0 Å². The third-order valence-corrected chi connectivity index (χ3v) is 2.73. The van der Waals surface area contributed by atoms with Crippen molar-refractivity contribution in [2.24, 2.45) is 0 Å². The van der Waals surface area contributed by atoms with Gasteiger partial charge in [-0.2, -0.15) is 0 Å². The average Bonchev–Trinajstić information content (AvgIpc) is 2.77. The van der Waals surface area contributed by atoms with Crippen molar-refractivity contribution in [2.75, 3.05) is 20.3 Å². The minimum absolute atomic E-state index is 0.330. The molecule has 17 heavy (non-hydrogen) atoms. The molecule has 0 aliphatic rings. The number of methoxy groups -OCH3 is 1. The Morgan fingerprint density at radius 3 is 2.94 bits per heavy atom. The second-order valence-corrected chi connectivity index (χ2v) is 4.13. The number of hydrogen-bond acceptors (Lipinski definition) is 4. The van der Waals surface area contributed by atoms with Crippen LogP contribution in [0, 0.1) is 0 Å². The molecule has 1 unspecified atom stereocenters.